The highest BCUT2D eigenvalue weighted by molar-refractivity contribution is 5.22. The second kappa shape index (κ2) is 8.63. The summed E-state index contributed by atoms with van der Waals surface area (Å²) in [4.78, 5) is 5.12. The molecule has 2 aliphatic heterocycles. The number of hydrogen-bond donors (Lipinski definition) is 1. The van der Waals surface area contributed by atoms with Crippen molar-refractivity contribution in [1.82, 2.24) is 9.80 Å². The summed E-state index contributed by atoms with van der Waals surface area (Å²) in [5, 5.41) is 9.84. The van der Waals surface area contributed by atoms with E-state index in [1.165, 1.54) is 24.0 Å². The largest absolute Gasteiger partial charge is 0.390 e. The molecule has 2 saturated heterocycles. The molecular weight excluding hydrogens is 312 g/mol. The standard InChI is InChI=1S/C21H34N2O2/c1-21(2,24)10-9-18-5-7-19(8-6-18)16-22-11-13-23(14-12-22)17-20-4-3-15-25-20/h5-8,20,24H,3-4,9-17H2,1-2H3/t20-/m0/s1. The van der Waals surface area contributed by atoms with Crippen molar-refractivity contribution >= 4 is 0 Å². The van der Waals surface area contributed by atoms with Gasteiger partial charge in [0.1, 0.15) is 0 Å². The van der Waals surface area contributed by atoms with Gasteiger partial charge in [-0.3, -0.25) is 9.80 Å². The van der Waals surface area contributed by atoms with Gasteiger partial charge in [-0.05, 0) is 50.7 Å². The van der Waals surface area contributed by atoms with Crippen molar-refractivity contribution in [3.05, 3.63) is 35.4 Å². The number of piperazine rings is 1. The number of nitrogens with zero attached hydrogens (tertiary/aromatic N) is 2. The number of aliphatic hydroxyl groups is 1. The van der Waals surface area contributed by atoms with E-state index in [1.54, 1.807) is 0 Å². The Hall–Kier alpha value is -0.940. The molecule has 2 fully saturated rings. The minimum atomic E-state index is -0.581. The number of ether oxygens (including phenoxy) is 1. The topological polar surface area (TPSA) is 35.9 Å². The van der Waals surface area contributed by atoms with Crippen LogP contribution in [-0.2, 0) is 17.7 Å². The molecule has 140 valence electrons. The molecule has 4 heteroatoms. The van der Waals surface area contributed by atoms with Crippen LogP contribution in [0.5, 0.6) is 0 Å². The molecule has 0 bridgehead atoms. The van der Waals surface area contributed by atoms with Crippen molar-refractivity contribution < 1.29 is 9.84 Å². The van der Waals surface area contributed by atoms with E-state index in [0.29, 0.717) is 6.10 Å². The second-order valence-electron chi connectivity index (χ2n) is 8.34. The van der Waals surface area contributed by atoms with E-state index in [1.807, 2.05) is 13.8 Å². The van der Waals surface area contributed by atoms with Gasteiger partial charge in [-0.25, -0.2) is 0 Å². The summed E-state index contributed by atoms with van der Waals surface area (Å²) in [5.74, 6) is 0. The van der Waals surface area contributed by atoms with Crippen LogP contribution in [0.15, 0.2) is 24.3 Å². The van der Waals surface area contributed by atoms with Gasteiger partial charge in [-0.15, -0.1) is 0 Å². The number of benzene rings is 1. The molecule has 0 amide bonds. The summed E-state index contributed by atoms with van der Waals surface area (Å²) in [7, 11) is 0. The summed E-state index contributed by atoms with van der Waals surface area (Å²) in [5.41, 5.74) is 2.12. The van der Waals surface area contributed by atoms with Crippen LogP contribution in [0.2, 0.25) is 0 Å². The summed E-state index contributed by atoms with van der Waals surface area (Å²) in [6, 6.07) is 8.93. The normalized spacial score (nSPS) is 23.2. The van der Waals surface area contributed by atoms with Gasteiger partial charge < -0.3 is 9.84 Å². The van der Waals surface area contributed by atoms with E-state index in [-0.39, 0.29) is 0 Å². The van der Waals surface area contributed by atoms with Gasteiger partial charge in [-0.2, -0.15) is 0 Å². The monoisotopic (exact) mass is 346 g/mol. The minimum Gasteiger partial charge on any atom is -0.390 e. The molecule has 0 aliphatic carbocycles. The van der Waals surface area contributed by atoms with Gasteiger partial charge in [0.05, 0.1) is 11.7 Å². The number of hydrogen-bond acceptors (Lipinski definition) is 4. The molecule has 1 aromatic carbocycles. The molecular formula is C21H34N2O2. The second-order valence-corrected chi connectivity index (χ2v) is 8.34. The maximum absolute atomic E-state index is 9.84. The first kappa shape index (κ1) is 18.8. The Balaban J connectivity index is 1.39. The molecule has 0 aromatic heterocycles. The minimum absolute atomic E-state index is 0.475. The summed E-state index contributed by atoms with van der Waals surface area (Å²) < 4.78 is 5.76. The van der Waals surface area contributed by atoms with Gasteiger partial charge >= 0.3 is 0 Å². The summed E-state index contributed by atoms with van der Waals surface area (Å²) in [6.07, 6.45) is 4.68. The van der Waals surface area contributed by atoms with E-state index < -0.39 is 5.60 Å². The van der Waals surface area contributed by atoms with Crippen molar-refractivity contribution in [2.45, 2.75) is 57.8 Å². The third-order valence-electron chi connectivity index (χ3n) is 5.41. The van der Waals surface area contributed by atoms with Crippen LogP contribution in [0.3, 0.4) is 0 Å². The average Bonchev–Trinajstić information content (AvgIpc) is 3.08. The molecule has 4 nitrogen and oxygen atoms in total. The zero-order valence-electron chi connectivity index (χ0n) is 15.9. The quantitative estimate of drug-likeness (QED) is 0.823. The molecule has 2 heterocycles. The van der Waals surface area contributed by atoms with Crippen molar-refractivity contribution in [1.29, 1.82) is 0 Å². The average molecular weight is 347 g/mol. The molecule has 1 atom stereocenters. The maximum atomic E-state index is 9.84. The predicted molar refractivity (Wildman–Crippen MR) is 102 cm³/mol. The summed E-state index contributed by atoms with van der Waals surface area (Å²) in [6.45, 7) is 11.5. The Labute approximate surface area is 152 Å². The first-order chi connectivity index (χ1) is 12.0. The molecule has 1 N–H and O–H groups in total. The molecule has 1 aromatic rings. The number of aryl methyl sites for hydroxylation is 1. The zero-order chi connectivity index (χ0) is 17.7. The third-order valence-corrected chi connectivity index (χ3v) is 5.41. The van der Waals surface area contributed by atoms with Gasteiger partial charge in [0.15, 0.2) is 0 Å². The van der Waals surface area contributed by atoms with Gasteiger partial charge in [0.25, 0.3) is 0 Å². The van der Waals surface area contributed by atoms with Crippen LogP contribution in [0.4, 0.5) is 0 Å². The van der Waals surface area contributed by atoms with Crippen LogP contribution in [0.25, 0.3) is 0 Å². The fourth-order valence-corrected chi connectivity index (χ4v) is 3.73. The third kappa shape index (κ3) is 6.37. The zero-order valence-corrected chi connectivity index (χ0v) is 15.9. The fraction of sp³-hybridized carbons (Fsp3) is 0.714. The lowest BCUT2D eigenvalue weighted by molar-refractivity contribution is 0.0489. The Bertz CT molecular complexity index is 510. The molecule has 2 aliphatic rings. The van der Waals surface area contributed by atoms with Gasteiger partial charge in [0.2, 0.25) is 0 Å². The molecule has 3 rings (SSSR count). The van der Waals surface area contributed by atoms with Crippen LogP contribution in [-0.4, -0.2) is 65.9 Å². The van der Waals surface area contributed by atoms with Gasteiger partial charge in [-0.1, -0.05) is 24.3 Å². The van der Waals surface area contributed by atoms with E-state index in [2.05, 4.69) is 34.1 Å². The highest BCUT2D eigenvalue weighted by Gasteiger charge is 2.22. The lowest BCUT2D eigenvalue weighted by Gasteiger charge is -2.35. The molecule has 25 heavy (non-hydrogen) atoms. The Morgan fingerprint density at radius 2 is 1.68 bits per heavy atom. The Kier molecular flexibility index (Phi) is 6.50. The Morgan fingerprint density at radius 1 is 1.04 bits per heavy atom. The molecule has 0 saturated carbocycles. The smallest absolute Gasteiger partial charge is 0.0702 e. The van der Waals surface area contributed by atoms with Crippen molar-refractivity contribution in [3.63, 3.8) is 0 Å². The SMILES string of the molecule is CC(C)(O)CCc1ccc(CN2CCN(C[C@@H]3CCCO3)CC2)cc1. The first-order valence-corrected chi connectivity index (χ1v) is 9.84. The molecule has 0 unspecified atom stereocenters. The fourth-order valence-electron chi connectivity index (χ4n) is 3.73. The van der Waals surface area contributed by atoms with Crippen LogP contribution < -0.4 is 0 Å². The van der Waals surface area contributed by atoms with Crippen LogP contribution >= 0.6 is 0 Å². The van der Waals surface area contributed by atoms with Gasteiger partial charge in [0, 0.05) is 45.9 Å². The predicted octanol–water partition coefficient (Wildman–Crippen LogP) is 2.69. The van der Waals surface area contributed by atoms with E-state index >= 15 is 0 Å². The Morgan fingerprint density at radius 3 is 2.28 bits per heavy atom. The van der Waals surface area contributed by atoms with Crippen molar-refractivity contribution in [2.75, 3.05) is 39.3 Å². The maximum Gasteiger partial charge on any atom is 0.0702 e. The van der Waals surface area contributed by atoms with Crippen LogP contribution in [0, 0.1) is 0 Å². The highest BCUT2D eigenvalue weighted by atomic mass is 16.5. The van der Waals surface area contributed by atoms with E-state index in [4.69, 9.17) is 4.74 Å². The lowest BCUT2D eigenvalue weighted by Crippen LogP contribution is -2.48. The van der Waals surface area contributed by atoms with Crippen molar-refractivity contribution in [2.24, 2.45) is 0 Å². The summed E-state index contributed by atoms with van der Waals surface area (Å²) >= 11 is 0. The molecule has 0 spiro atoms. The molecule has 0 radical (unpaired) electrons. The van der Waals surface area contributed by atoms with E-state index in [9.17, 15) is 5.11 Å². The van der Waals surface area contributed by atoms with Crippen molar-refractivity contribution in [3.8, 4) is 0 Å². The van der Waals surface area contributed by atoms with E-state index in [0.717, 1.165) is 58.7 Å². The highest BCUT2D eigenvalue weighted by Crippen LogP contribution is 2.17. The first-order valence-electron chi connectivity index (χ1n) is 9.84. The van der Waals surface area contributed by atoms with Crippen LogP contribution in [0.1, 0.15) is 44.2 Å². The lowest BCUT2D eigenvalue weighted by atomic mass is 9.98. The number of rotatable bonds is 7.